The number of rotatable bonds is 0. The average molecular weight is 224 g/mol. The smallest absolute Gasteiger partial charge is 0.314 e. The molecular weight excluding hydrogens is 215 g/mol. The number of hydrogen-bond donors (Lipinski definition) is 5. The quantitative estimate of drug-likeness (QED) is 0.337. The van der Waals surface area contributed by atoms with Crippen molar-refractivity contribution in [3.05, 3.63) is 32.6 Å². The molecule has 1 heterocycles. The molecule has 0 unspecified atom stereocenters. The summed E-state index contributed by atoms with van der Waals surface area (Å²) < 4.78 is 8.88. The Labute approximate surface area is 77.5 Å². The summed E-state index contributed by atoms with van der Waals surface area (Å²) in [7, 11) is -4.64. The first-order chi connectivity index (χ1) is 6.20. The van der Waals surface area contributed by atoms with Gasteiger partial charge in [0.1, 0.15) is 0 Å². The Bertz CT molecular complexity index is 434. The van der Waals surface area contributed by atoms with Crippen molar-refractivity contribution in [3.8, 4) is 0 Å². The van der Waals surface area contributed by atoms with Crippen molar-refractivity contribution in [1.82, 2.24) is 9.97 Å². The molecule has 0 bridgehead atoms. The Hall–Kier alpha value is -1.21. The zero-order valence-corrected chi connectivity index (χ0v) is 7.99. The molecule has 5 N–H and O–H groups in total. The summed E-state index contributed by atoms with van der Waals surface area (Å²) in [5.41, 5.74) is -0.293. The van der Waals surface area contributed by atoms with Crippen molar-refractivity contribution in [3.63, 3.8) is 0 Å². The molecule has 80 valence electrons. The largest absolute Gasteiger partial charge is 0.466 e. The summed E-state index contributed by atoms with van der Waals surface area (Å²) in [4.78, 5) is 46.9. The first-order valence-electron chi connectivity index (χ1n) is 3.27. The van der Waals surface area contributed by atoms with Crippen molar-refractivity contribution in [2.45, 2.75) is 6.92 Å². The van der Waals surface area contributed by atoms with Crippen molar-refractivity contribution in [1.29, 1.82) is 0 Å². The highest BCUT2D eigenvalue weighted by molar-refractivity contribution is 7.45. The van der Waals surface area contributed by atoms with Crippen molar-refractivity contribution in [2.75, 3.05) is 0 Å². The van der Waals surface area contributed by atoms with Crippen LogP contribution in [-0.2, 0) is 4.57 Å². The van der Waals surface area contributed by atoms with Crippen LogP contribution in [-0.4, -0.2) is 24.6 Å². The molecule has 0 atom stereocenters. The Morgan fingerprint density at radius 2 is 1.71 bits per heavy atom. The number of phosphoric acid groups is 1. The standard InChI is InChI=1S/C5H6N2O2.H3O4P/c1-3-2-6-5(9)7-4(3)8;1-5(2,3)4/h2H,1H3,(H2,6,7,8,9);(H3,1,2,3,4). The highest BCUT2D eigenvalue weighted by Gasteiger charge is 2.00. The third-order valence-electron chi connectivity index (χ3n) is 1.00. The number of nitrogens with one attached hydrogen (secondary N) is 2. The van der Waals surface area contributed by atoms with Gasteiger partial charge in [0.2, 0.25) is 0 Å². The molecule has 1 aromatic rings. The molecule has 0 saturated heterocycles. The first kappa shape index (κ1) is 12.8. The van der Waals surface area contributed by atoms with Crippen LogP contribution in [0.15, 0.2) is 15.8 Å². The van der Waals surface area contributed by atoms with E-state index < -0.39 is 13.5 Å². The van der Waals surface area contributed by atoms with Gasteiger partial charge in [0.25, 0.3) is 5.56 Å². The number of aromatic nitrogens is 2. The zero-order chi connectivity index (χ0) is 11.4. The fraction of sp³-hybridized carbons (Fsp3) is 0.200. The molecule has 0 aromatic carbocycles. The van der Waals surface area contributed by atoms with E-state index in [1.165, 1.54) is 6.20 Å². The predicted molar refractivity (Wildman–Crippen MR) is 46.7 cm³/mol. The molecule has 0 aliphatic carbocycles. The van der Waals surface area contributed by atoms with Crippen LogP contribution in [0.2, 0.25) is 0 Å². The van der Waals surface area contributed by atoms with Gasteiger partial charge in [-0.05, 0) is 6.92 Å². The van der Waals surface area contributed by atoms with E-state index in [4.69, 9.17) is 19.2 Å². The van der Waals surface area contributed by atoms with Gasteiger partial charge < -0.3 is 19.7 Å². The summed E-state index contributed by atoms with van der Waals surface area (Å²) in [6, 6.07) is 0. The molecule has 0 radical (unpaired) electrons. The maximum Gasteiger partial charge on any atom is 0.466 e. The molecular formula is C5H9N2O6P. The van der Waals surface area contributed by atoms with E-state index in [-0.39, 0.29) is 5.56 Å². The van der Waals surface area contributed by atoms with Crippen LogP contribution in [0.25, 0.3) is 0 Å². The van der Waals surface area contributed by atoms with Gasteiger partial charge in [0.15, 0.2) is 0 Å². The normalized spacial score (nSPS) is 10.3. The summed E-state index contributed by atoms with van der Waals surface area (Å²) >= 11 is 0. The van der Waals surface area contributed by atoms with E-state index in [2.05, 4.69) is 9.97 Å². The summed E-state index contributed by atoms with van der Waals surface area (Å²) in [5, 5.41) is 0. The predicted octanol–water partition coefficient (Wildman–Crippen LogP) is -1.56. The van der Waals surface area contributed by atoms with Crippen molar-refractivity contribution >= 4 is 7.82 Å². The van der Waals surface area contributed by atoms with Crippen LogP contribution in [0, 0.1) is 6.92 Å². The second-order valence-corrected chi connectivity index (χ2v) is 3.29. The summed E-state index contributed by atoms with van der Waals surface area (Å²) in [5.74, 6) is 0. The maximum absolute atomic E-state index is 10.6. The fourth-order valence-electron chi connectivity index (χ4n) is 0.477. The van der Waals surface area contributed by atoms with Crippen molar-refractivity contribution < 1.29 is 19.2 Å². The molecule has 8 nitrogen and oxygen atoms in total. The minimum Gasteiger partial charge on any atom is -0.314 e. The second-order valence-electron chi connectivity index (χ2n) is 2.27. The van der Waals surface area contributed by atoms with E-state index in [1.807, 2.05) is 0 Å². The van der Waals surface area contributed by atoms with E-state index in [0.29, 0.717) is 5.56 Å². The number of aryl methyl sites for hydroxylation is 1. The van der Waals surface area contributed by atoms with Gasteiger partial charge in [-0.2, -0.15) is 0 Å². The number of hydrogen-bond acceptors (Lipinski definition) is 3. The minimum absolute atomic E-state index is 0.334. The summed E-state index contributed by atoms with van der Waals surface area (Å²) in [6.07, 6.45) is 1.38. The van der Waals surface area contributed by atoms with Crippen LogP contribution >= 0.6 is 7.82 Å². The third-order valence-corrected chi connectivity index (χ3v) is 1.00. The monoisotopic (exact) mass is 224 g/mol. The highest BCUT2D eigenvalue weighted by atomic mass is 31.2. The molecule has 0 aliphatic rings. The lowest BCUT2D eigenvalue weighted by molar-refractivity contribution is 0.275. The average Bonchev–Trinajstić information content (AvgIpc) is 1.94. The number of aromatic amines is 2. The molecule has 14 heavy (non-hydrogen) atoms. The van der Waals surface area contributed by atoms with Crippen molar-refractivity contribution in [2.24, 2.45) is 0 Å². The zero-order valence-electron chi connectivity index (χ0n) is 7.09. The van der Waals surface area contributed by atoms with E-state index in [1.54, 1.807) is 6.92 Å². The van der Waals surface area contributed by atoms with Crippen LogP contribution in [0.1, 0.15) is 5.56 Å². The topological polar surface area (TPSA) is 143 Å². The van der Waals surface area contributed by atoms with Crippen LogP contribution in [0.5, 0.6) is 0 Å². The summed E-state index contributed by atoms with van der Waals surface area (Å²) in [6.45, 7) is 1.62. The van der Waals surface area contributed by atoms with Gasteiger partial charge in [0, 0.05) is 11.8 Å². The second kappa shape index (κ2) is 4.87. The van der Waals surface area contributed by atoms with Crippen LogP contribution < -0.4 is 11.2 Å². The fourth-order valence-corrected chi connectivity index (χ4v) is 0.477. The maximum atomic E-state index is 10.6. The molecule has 0 fully saturated rings. The lowest BCUT2D eigenvalue weighted by Crippen LogP contribution is -2.22. The number of H-pyrrole nitrogens is 2. The third kappa shape index (κ3) is 7.44. The Morgan fingerprint density at radius 1 is 1.29 bits per heavy atom. The SMILES string of the molecule is Cc1c[nH]c(=O)[nH]c1=O.O=P(O)(O)O. The minimum atomic E-state index is -4.64. The molecule has 0 saturated carbocycles. The van der Waals surface area contributed by atoms with Gasteiger partial charge in [-0.3, -0.25) is 9.78 Å². The van der Waals surface area contributed by atoms with Gasteiger partial charge >= 0.3 is 13.5 Å². The van der Waals surface area contributed by atoms with Gasteiger partial charge in [-0.1, -0.05) is 0 Å². The Morgan fingerprint density at radius 3 is 2.00 bits per heavy atom. The lowest BCUT2D eigenvalue weighted by atomic mass is 10.4. The van der Waals surface area contributed by atoms with E-state index in [0.717, 1.165) is 0 Å². The molecule has 1 rings (SSSR count). The molecule has 1 aromatic heterocycles. The molecule has 9 heteroatoms. The van der Waals surface area contributed by atoms with E-state index >= 15 is 0 Å². The van der Waals surface area contributed by atoms with E-state index in [9.17, 15) is 9.59 Å². The van der Waals surface area contributed by atoms with Gasteiger partial charge in [-0.25, -0.2) is 9.36 Å². The van der Waals surface area contributed by atoms with Gasteiger partial charge in [-0.15, -0.1) is 0 Å². The Balaban J connectivity index is 0.000000292. The lowest BCUT2D eigenvalue weighted by Gasteiger charge is -1.84. The molecule has 0 spiro atoms. The first-order valence-corrected chi connectivity index (χ1v) is 4.83. The van der Waals surface area contributed by atoms with Gasteiger partial charge in [0.05, 0.1) is 0 Å². The Kier molecular flexibility index (Phi) is 4.45. The van der Waals surface area contributed by atoms with Crippen LogP contribution in [0.3, 0.4) is 0 Å². The van der Waals surface area contributed by atoms with Crippen LogP contribution in [0.4, 0.5) is 0 Å². The molecule has 0 amide bonds. The molecule has 0 aliphatic heterocycles. The highest BCUT2D eigenvalue weighted by Crippen LogP contribution is 2.25.